The molecule has 0 bridgehead atoms. The fraction of sp³-hybridized carbons (Fsp3) is 0.0500. The third-order valence-electron chi connectivity index (χ3n) is 3.60. The van der Waals surface area contributed by atoms with Crippen LogP contribution in [0.5, 0.6) is 11.5 Å². The molecule has 0 radical (unpaired) electrons. The zero-order chi connectivity index (χ0) is 19.2. The van der Waals surface area contributed by atoms with Crippen molar-refractivity contribution < 1.29 is 13.9 Å². The fourth-order valence-electron chi connectivity index (χ4n) is 2.36. The number of thiophene rings is 1. The van der Waals surface area contributed by atoms with E-state index in [1.54, 1.807) is 12.1 Å². The zero-order valence-corrected chi connectivity index (χ0v) is 16.2. The van der Waals surface area contributed by atoms with E-state index in [9.17, 15) is 4.79 Å². The Morgan fingerprint density at radius 3 is 2.68 bits per heavy atom. The van der Waals surface area contributed by atoms with Crippen LogP contribution in [0.4, 0.5) is 5.69 Å². The average Bonchev–Trinajstić information content (AvgIpc) is 3.40. The van der Waals surface area contributed by atoms with E-state index < -0.39 is 0 Å². The van der Waals surface area contributed by atoms with Crippen LogP contribution in [0.25, 0.3) is 10.8 Å². The van der Waals surface area contributed by atoms with Crippen molar-refractivity contribution in [2.24, 2.45) is 0 Å². The number of aromatic nitrogens is 2. The number of nitrogens with one attached hydrogen (secondary N) is 1. The van der Waals surface area contributed by atoms with Crippen molar-refractivity contribution in [3.8, 4) is 22.3 Å². The molecule has 0 aliphatic carbocycles. The molecule has 2 heterocycles. The summed E-state index contributed by atoms with van der Waals surface area (Å²) in [4.78, 5) is 13.2. The van der Waals surface area contributed by atoms with Gasteiger partial charge in [0.1, 0.15) is 5.75 Å². The number of nitrogens with zero attached hydrogens (tertiary/aromatic N) is 2. The van der Waals surface area contributed by atoms with Gasteiger partial charge in [-0.05, 0) is 35.7 Å². The molecule has 2 aromatic heterocycles. The summed E-state index contributed by atoms with van der Waals surface area (Å²) in [6.07, 6.45) is 0. The highest BCUT2D eigenvalue weighted by molar-refractivity contribution is 7.99. The van der Waals surface area contributed by atoms with Gasteiger partial charge in [0.05, 0.1) is 16.3 Å². The second-order valence-corrected chi connectivity index (χ2v) is 7.47. The van der Waals surface area contributed by atoms with Crippen molar-refractivity contribution in [3.05, 3.63) is 72.1 Å². The maximum absolute atomic E-state index is 12.4. The highest BCUT2D eigenvalue weighted by atomic mass is 32.2. The van der Waals surface area contributed by atoms with Crippen molar-refractivity contribution >= 4 is 34.7 Å². The van der Waals surface area contributed by atoms with Gasteiger partial charge in [0.25, 0.3) is 11.1 Å². The molecule has 4 rings (SSSR count). The SMILES string of the molecule is O=C(CSc1nnc(-c2cccs2)o1)Nc1ccccc1Oc1ccccc1. The summed E-state index contributed by atoms with van der Waals surface area (Å²) in [5, 5.41) is 13.1. The first-order chi connectivity index (χ1) is 13.8. The first-order valence-corrected chi connectivity index (χ1v) is 10.3. The Labute approximate surface area is 169 Å². The third-order valence-corrected chi connectivity index (χ3v) is 5.27. The molecular weight excluding hydrogens is 394 g/mol. The van der Waals surface area contributed by atoms with Crippen molar-refractivity contribution in [1.82, 2.24) is 10.2 Å². The van der Waals surface area contributed by atoms with Gasteiger partial charge in [-0.3, -0.25) is 4.79 Å². The van der Waals surface area contributed by atoms with Gasteiger partial charge in [-0.2, -0.15) is 0 Å². The lowest BCUT2D eigenvalue weighted by molar-refractivity contribution is -0.113. The van der Waals surface area contributed by atoms with Crippen LogP contribution in [0.3, 0.4) is 0 Å². The van der Waals surface area contributed by atoms with E-state index >= 15 is 0 Å². The predicted octanol–water partition coefficient (Wildman–Crippen LogP) is 5.32. The van der Waals surface area contributed by atoms with Gasteiger partial charge in [-0.1, -0.05) is 48.2 Å². The molecule has 0 fully saturated rings. The molecule has 1 amide bonds. The van der Waals surface area contributed by atoms with Crippen LogP contribution < -0.4 is 10.1 Å². The van der Waals surface area contributed by atoms with Gasteiger partial charge >= 0.3 is 0 Å². The quantitative estimate of drug-likeness (QED) is 0.416. The van der Waals surface area contributed by atoms with E-state index in [2.05, 4.69) is 15.5 Å². The molecule has 140 valence electrons. The van der Waals surface area contributed by atoms with Crippen LogP contribution in [0.1, 0.15) is 0 Å². The lowest BCUT2D eigenvalue weighted by Crippen LogP contribution is -2.14. The van der Waals surface area contributed by atoms with Crippen LogP contribution in [0.2, 0.25) is 0 Å². The van der Waals surface area contributed by atoms with E-state index in [0.717, 1.165) is 4.88 Å². The topological polar surface area (TPSA) is 77.2 Å². The average molecular weight is 409 g/mol. The van der Waals surface area contributed by atoms with Crippen molar-refractivity contribution in [2.45, 2.75) is 5.22 Å². The lowest BCUT2D eigenvalue weighted by Gasteiger charge is -2.11. The number of hydrogen-bond donors (Lipinski definition) is 1. The summed E-state index contributed by atoms with van der Waals surface area (Å²) < 4.78 is 11.4. The molecule has 0 saturated heterocycles. The minimum atomic E-state index is -0.190. The largest absolute Gasteiger partial charge is 0.455 e. The normalized spacial score (nSPS) is 10.6. The Balaban J connectivity index is 1.36. The second kappa shape index (κ2) is 8.73. The van der Waals surface area contributed by atoms with Gasteiger partial charge in [-0.15, -0.1) is 21.5 Å². The van der Waals surface area contributed by atoms with Crippen molar-refractivity contribution in [1.29, 1.82) is 0 Å². The van der Waals surface area contributed by atoms with E-state index in [1.165, 1.54) is 23.1 Å². The molecule has 0 saturated carbocycles. The molecule has 1 N–H and O–H groups in total. The highest BCUT2D eigenvalue weighted by Crippen LogP contribution is 2.30. The van der Waals surface area contributed by atoms with E-state index in [0.29, 0.717) is 28.3 Å². The molecule has 8 heteroatoms. The third kappa shape index (κ3) is 4.59. The lowest BCUT2D eigenvalue weighted by atomic mass is 10.3. The highest BCUT2D eigenvalue weighted by Gasteiger charge is 2.13. The smallest absolute Gasteiger partial charge is 0.277 e. The second-order valence-electron chi connectivity index (χ2n) is 5.60. The van der Waals surface area contributed by atoms with Gasteiger partial charge in [0.15, 0.2) is 5.75 Å². The molecular formula is C20H15N3O3S2. The number of ether oxygens (including phenoxy) is 1. The number of benzene rings is 2. The Morgan fingerprint density at radius 2 is 1.86 bits per heavy atom. The van der Waals surface area contributed by atoms with E-state index in [-0.39, 0.29) is 11.7 Å². The van der Waals surface area contributed by atoms with Crippen molar-refractivity contribution in [2.75, 3.05) is 11.1 Å². The minimum Gasteiger partial charge on any atom is -0.455 e. The number of amides is 1. The molecule has 0 aliphatic heterocycles. The van der Waals surface area contributed by atoms with Crippen LogP contribution in [0.15, 0.2) is 81.8 Å². The summed E-state index contributed by atoms with van der Waals surface area (Å²) in [6.45, 7) is 0. The predicted molar refractivity (Wildman–Crippen MR) is 110 cm³/mol. The van der Waals surface area contributed by atoms with Crippen LogP contribution in [-0.2, 0) is 4.79 Å². The zero-order valence-electron chi connectivity index (χ0n) is 14.6. The summed E-state index contributed by atoms with van der Waals surface area (Å²) in [6, 6.07) is 20.5. The number of thioether (sulfide) groups is 1. The fourth-order valence-corrected chi connectivity index (χ4v) is 3.56. The number of hydrogen-bond acceptors (Lipinski definition) is 7. The molecule has 0 atom stereocenters. The molecule has 4 aromatic rings. The Hall–Kier alpha value is -3.10. The van der Waals surface area contributed by atoms with E-state index in [1.807, 2.05) is 60.0 Å². The van der Waals surface area contributed by atoms with Crippen molar-refractivity contribution in [3.63, 3.8) is 0 Å². The number of carbonyl (C=O) groups is 1. The first kappa shape index (κ1) is 18.3. The molecule has 2 aromatic carbocycles. The van der Waals surface area contributed by atoms with Crippen LogP contribution in [-0.4, -0.2) is 21.9 Å². The number of para-hydroxylation sites is 3. The number of rotatable bonds is 7. The maximum atomic E-state index is 12.4. The monoisotopic (exact) mass is 409 g/mol. The molecule has 0 unspecified atom stereocenters. The number of carbonyl (C=O) groups excluding carboxylic acids is 1. The molecule has 6 nitrogen and oxygen atoms in total. The Bertz CT molecular complexity index is 1050. The van der Waals surface area contributed by atoms with Crippen LogP contribution in [0, 0.1) is 0 Å². The minimum absolute atomic E-state index is 0.145. The van der Waals surface area contributed by atoms with Gasteiger partial charge in [0, 0.05) is 0 Å². The van der Waals surface area contributed by atoms with Gasteiger partial charge < -0.3 is 14.5 Å². The van der Waals surface area contributed by atoms with Gasteiger partial charge in [0.2, 0.25) is 5.91 Å². The molecule has 0 aliphatic rings. The number of anilines is 1. The summed E-state index contributed by atoms with van der Waals surface area (Å²) in [5.74, 6) is 1.69. The maximum Gasteiger partial charge on any atom is 0.277 e. The molecule has 28 heavy (non-hydrogen) atoms. The standard InChI is InChI=1S/C20H15N3O3S2/c24-18(13-28-20-23-22-19(26-20)17-11-6-12-27-17)21-15-9-4-5-10-16(15)25-14-7-2-1-3-8-14/h1-12H,13H2,(H,21,24). The van der Waals surface area contributed by atoms with Gasteiger partial charge in [-0.25, -0.2) is 0 Å². The summed E-state index contributed by atoms with van der Waals surface area (Å²) in [7, 11) is 0. The Morgan fingerprint density at radius 1 is 1.04 bits per heavy atom. The van der Waals surface area contributed by atoms with E-state index in [4.69, 9.17) is 9.15 Å². The summed E-state index contributed by atoms with van der Waals surface area (Å²) in [5.41, 5.74) is 0.599. The molecule has 0 spiro atoms. The summed E-state index contributed by atoms with van der Waals surface area (Å²) >= 11 is 2.71. The van der Waals surface area contributed by atoms with Crippen LogP contribution >= 0.6 is 23.1 Å². The Kier molecular flexibility index (Phi) is 5.69. The first-order valence-electron chi connectivity index (χ1n) is 8.40.